The third-order valence-electron chi connectivity index (χ3n) is 3.59. The smallest absolute Gasteiger partial charge is 0.216 e. The molecular formula is C12H15BrN2O. The number of hydrogen-bond acceptors (Lipinski definition) is 3. The molecule has 2 aliphatic rings. The summed E-state index contributed by atoms with van der Waals surface area (Å²) >= 11 is 3.41. The zero-order chi connectivity index (χ0) is 11.1. The van der Waals surface area contributed by atoms with Crippen molar-refractivity contribution in [1.29, 1.82) is 0 Å². The maximum absolute atomic E-state index is 6.03. The van der Waals surface area contributed by atoms with Crippen LogP contribution in [0.5, 0.6) is 5.88 Å². The van der Waals surface area contributed by atoms with Crippen molar-refractivity contribution in [3.05, 3.63) is 22.3 Å². The zero-order valence-corrected chi connectivity index (χ0v) is 10.8. The molecule has 1 saturated carbocycles. The van der Waals surface area contributed by atoms with E-state index in [9.17, 15) is 0 Å². The summed E-state index contributed by atoms with van der Waals surface area (Å²) in [6.45, 7) is 4.23. The summed E-state index contributed by atoms with van der Waals surface area (Å²) in [5.74, 6) is 2.16. The molecule has 1 unspecified atom stereocenters. The van der Waals surface area contributed by atoms with Crippen LogP contribution in [-0.4, -0.2) is 24.2 Å². The van der Waals surface area contributed by atoms with E-state index in [1.807, 2.05) is 6.92 Å². The minimum absolute atomic E-state index is 0.383. The van der Waals surface area contributed by atoms with Crippen LogP contribution in [0, 0.1) is 18.8 Å². The Labute approximate surface area is 104 Å². The van der Waals surface area contributed by atoms with Gasteiger partial charge in [0, 0.05) is 41.2 Å². The fraction of sp³-hybridized carbons (Fsp3) is 0.583. The van der Waals surface area contributed by atoms with Crippen molar-refractivity contribution >= 4 is 15.9 Å². The topological polar surface area (TPSA) is 34.1 Å². The Kier molecular flexibility index (Phi) is 2.64. The molecular weight excluding hydrogens is 268 g/mol. The molecule has 2 fully saturated rings. The average molecular weight is 283 g/mol. The molecule has 86 valence electrons. The molecule has 1 N–H and O–H groups in total. The monoisotopic (exact) mass is 282 g/mol. The fourth-order valence-corrected chi connectivity index (χ4v) is 3.12. The molecule has 3 rings (SSSR count). The van der Waals surface area contributed by atoms with E-state index in [1.165, 1.54) is 6.42 Å². The summed E-state index contributed by atoms with van der Waals surface area (Å²) in [6.07, 6.45) is 3.50. The van der Waals surface area contributed by atoms with Crippen LogP contribution in [0.1, 0.15) is 12.0 Å². The highest BCUT2D eigenvalue weighted by atomic mass is 79.9. The Morgan fingerprint density at radius 3 is 2.81 bits per heavy atom. The zero-order valence-electron chi connectivity index (χ0n) is 9.24. The van der Waals surface area contributed by atoms with E-state index in [-0.39, 0.29) is 0 Å². The van der Waals surface area contributed by atoms with Gasteiger partial charge in [-0.05, 0) is 35.3 Å². The highest BCUT2D eigenvalue weighted by Gasteiger charge is 2.45. The summed E-state index contributed by atoms with van der Waals surface area (Å²) in [5, 5.41) is 3.42. The molecule has 1 aromatic rings. The minimum Gasteiger partial charge on any atom is -0.473 e. The van der Waals surface area contributed by atoms with E-state index in [2.05, 4.69) is 32.3 Å². The Hall–Kier alpha value is -0.610. The van der Waals surface area contributed by atoms with Gasteiger partial charge in [-0.25, -0.2) is 4.98 Å². The second-order valence-electron chi connectivity index (χ2n) is 4.77. The van der Waals surface area contributed by atoms with Gasteiger partial charge in [-0.3, -0.25) is 0 Å². The summed E-state index contributed by atoms with van der Waals surface area (Å²) in [6, 6.07) is 2.05. The third-order valence-corrected chi connectivity index (χ3v) is 4.03. The number of ether oxygens (including phenoxy) is 1. The van der Waals surface area contributed by atoms with E-state index >= 15 is 0 Å². The van der Waals surface area contributed by atoms with Crippen molar-refractivity contribution in [1.82, 2.24) is 10.3 Å². The van der Waals surface area contributed by atoms with Gasteiger partial charge < -0.3 is 10.1 Å². The summed E-state index contributed by atoms with van der Waals surface area (Å²) < 4.78 is 7.04. The lowest BCUT2D eigenvalue weighted by atomic mass is 9.69. The van der Waals surface area contributed by atoms with Crippen molar-refractivity contribution in [2.24, 2.45) is 11.8 Å². The Bertz CT molecular complexity index is 396. The molecule has 0 aromatic carbocycles. The van der Waals surface area contributed by atoms with Crippen LogP contribution in [0.15, 0.2) is 16.7 Å². The first-order valence-corrected chi connectivity index (χ1v) is 6.53. The van der Waals surface area contributed by atoms with Crippen molar-refractivity contribution < 1.29 is 4.74 Å². The van der Waals surface area contributed by atoms with E-state index in [1.54, 1.807) is 6.20 Å². The number of hydrogen-bond donors (Lipinski definition) is 1. The molecule has 3 atom stereocenters. The predicted molar refractivity (Wildman–Crippen MR) is 65.6 cm³/mol. The second kappa shape index (κ2) is 4.00. The highest BCUT2D eigenvalue weighted by molar-refractivity contribution is 9.10. The van der Waals surface area contributed by atoms with Gasteiger partial charge in [0.2, 0.25) is 5.88 Å². The molecule has 1 saturated heterocycles. The van der Waals surface area contributed by atoms with Gasteiger partial charge >= 0.3 is 0 Å². The molecule has 3 nitrogen and oxygen atoms in total. The maximum atomic E-state index is 6.03. The Balaban J connectivity index is 1.74. The molecule has 4 heteroatoms. The van der Waals surface area contributed by atoms with Crippen LogP contribution < -0.4 is 10.1 Å². The van der Waals surface area contributed by atoms with Crippen molar-refractivity contribution in [2.45, 2.75) is 19.4 Å². The van der Waals surface area contributed by atoms with Crippen LogP contribution in [0.3, 0.4) is 0 Å². The molecule has 1 aromatic heterocycles. The predicted octanol–water partition coefficient (Wildman–Crippen LogP) is 2.14. The third kappa shape index (κ3) is 1.74. The van der Waals surface area contributed by atoms with E-state index in [4.69, 9.17) is 4.74 Å². The van der Waals surface area contributed by atoms with Crippen LogP contribution in [0.4, 0.5) is 0 Å². The first kappa shape index (κ1) is 10.5. The lowest BCUT2D eigenvalue weighted by Gasteiger charge is -2.48. The van der Waals surface area contributed by atoms with Gasteiger partial charge in [-0.1, -0.05) is 0 Å². The largest absolute Gasteiger partial charge is 0.473 e. The van der Waals surface area contributed by atoms with Gasteiger partial charge in [0.15, 0.2) is 0 Å². The molecule has 2 heterocycles. The second-order valence-corrected chi connectivity index (χ2v) is 5.69. The number of aromatic nitrogens is 1. The summed E-state index contributed by atoms with van der Waals surface area (Å²) in [4.78, 5) is 4.34. The Morgan fingerprint density at radius 2 is 2.19 bits per heavy atom. The number of pyridine rings is 1. The number of halogens is 1. The van der Waals surface area contributed by atoms with Crippen LogP contribution in [-0.2, 0) is 0 Å². The van der Waals surface area contributed by atoms with Crippen molar-refractivity contribution in [3.63, 3.8) is 0 Å². The van der Waals surface area contributed by atoms with Gasteiger partial charge in [0.1, 0.15) is 6.10 Å². The number of rotatable bonds is 2. The van der Waals surface area contributed by atoms with Crippen molar-refractivity contribution in [3.8, 4) is 5.88 Å². The maximum Gasteiger partial charge on any atom is 0.216 e. The molecule has 1 aliphatic heterocycles. The van der Waals surface area contributed by atoms with Gasteiger partial charge in [-0.15, -0.1) is 0 Å². The van der Waals surface area contributed by atoms with E-state index in [0.29, 0.717) is 17.9 Å². The Morgan fingerprint density at radius 1 is 1.44 bits per heavy atom. The molecule has 2 bridgehead atoms. The molecule has 0 amide bonds. The van der Waals surface area contributed by atoms with E-state index < -0.39 is 0 Å². The normalized spacial score (nSPS) is 32.0. The minimum atomic E-state index is 0.383. The van der Waals surface area contributed by atoms with Crippen molar-refractivity contribution in [2.75, 3.05) is 13.1 Å². The average Bonchev–Trinajstić information content (AvgIpc) is 2.28. The van der Waals surface area contributed by atoms with Crippen LogP contribution in [0.2, 0.25) is 0 Å². The number of nitrogens with zero attached hydrogens (tertiary/aromatic N) is 1. The highest BCUT2D eigenvalue weighted by Crippen LogP contribution is 2.39. The fourth-order valence-electron chi connectivity index (χ4n) is 2.67. The quantitative estimate of drug-likeness (QED) is 0.903. The summed E-state index contributed by atoms with van der Waals surface area (Å²) in [7, 11) is 0. The number of nitrogens with one attached hydrogen (secondary N) is 1. The van der Waals surface area contributed by atoms with E-state index in [0.717, 1.165) is 29.0 Å². The molecule has 0 spiro atoms. The molecule has 16 heavy (non-hydrogen) atoms. The van der Waals surface area contributed by atoms with Gasteiger partial charge in [0.25, 0.3) is 0 Å². The standard InChI is InChI=1S/C12H15BrN2O/c1-7-2-10(13)6-15-12(7)16-11-8-3-9(11)5-14-4-8/h2,6,8-9,11,14H,3-5H2,1H3/t8-,9+,11?. The van der Waals surface area contributed by atoms with Gasteiger partial charge in [0.05, 0.1) is 0 Å². The SMILES string of the molecule is Cc1cc(Br)cnc1OC1[C@@H]2CNC[C@H]1C2. The number of aryl methyl sites for hydroxylation is 1. The lowest BCUT2D eigenvalue weighted by Crippen LogP contribution is -2.59. The molecule has 0 radical (unpaired) electrons. The number of piperidine rings is 2. The number of fused-ring (bicyclic) bond motifs is 2. The summed E-state index contributed by atoms with van der Waals surface area (Å²) in [5.41, 5.74) is 1.10. The first-order chi connectivity index (χ1) is 7.74. The molecule has 1 aliphatic carbocycles. The van der Waals surface area contributed by atoms with Crippen LogP contribution >= 0.6 is 15.9 Å². The first-order valence-electron chi connectivity index (χ1n) is 5.73. The van der Waals surface area contributed by atoms with Crippen LogP contribution in [0.25, 0.3) is 0 Å². The van der Waals surface area contributed by atoms with Gasteiger partial charge in [-0.2, -0.15) is 0 Å². The lowest BCUT2D eigenvalue weighted by molar-refractivity contribution is -0.0473.